The van der Waals surface area contributed by atoms with Gasteiger partial charge in [-0.25, -0.2) is 0 Å². The van der Waals surface area contributed by atoms with Crippen molar-refractivity contribution in [2.75, 3.05) is 0 Å². The molecule has 2 heteroatoms. The second kappa shape index (κ2) is 4.73. The van der Waals surface area contributed by atoms with Crippen molar-refractivity contribution in [2.45, 2.75) is 58.0 Å². The van der Waals surface area contributed by atoms with Crippen LogP contribution in [0.25, 0.3) is 0 Å². The average molecular weight is 248 g/mol. The van der Waals surface area contributed by atoms with Crippen LogP contribution < -0.4 is 0 Å². The molecule has 0 saturated heterocycles. The highest BCUT2D eigenvalue weighted by Gasteiger charge is 2.37. The van der Waals surface area contributed by atoms with Gasteiger partial charge in [-0.1, -0.05) is 26.7 Å². The molecule has 1 N–H and O–H groups in total. The molecule has 5 unspecified atom stereocenters. The lowest BCUT2D eigenvalue weighted by Crippen LogP contribution is -2.19. The summed E-state index contributed by atoms with van der Waals surface area (Å²) in [5, 5.41) is 10.5. The second-order valence-electron chi connectivity index (χ2n) is 6.54. The maximum Gasteiger partial charge on any atom is 0.132 e. The molecule has 3 rings (SSSR count). The Morgan fingerprint density at radius 2 is 2.00 bits per heavy atom. The summed E-state index contributed by atoms with van der Waals surface area (Å²) < 4.78 is 5.88. The molecule has 0 bridgehead atoms. The Morgan fingerprint density at radius 3 is 2.67 bits per heavy atom. The van der Waals surface area contributed by atoms with Crippen molar-refractivity contribution in [3.63, 3.8) is 0 Å². The standard InChI is InChI=1S/C16H24O2/c1-10-4-3-5-12(8-10)16(17)15-7-6-14(18-15)13-9-11(13)2/h6-7,10-13,16-17H,3-5,8-9H2,1-2H3. The molecule has 5 atom stereocenters. The summed E-state index contributed by atoms with van der Waals surface area (Å²) in [6.45, 7) is 4.55. The first-order valence-corrected chi connectivity index (χ1v) is 7.43. The van der Waals surface area contributed by atoms with Crippen molar-refractivity contribution in [3.8, 4) is 0 Å². The van der Waals surface area contributed by atoms with Gasteiger partial charge in [0.15, 0.2) is 0 Å². The quantitative estimate of drug-likeness (QED) is 0.867. The molecule has 1 aromatic rings. The largest absolute Gasteiger partial charge is 0.463 e. The van der Waals surface area contributed by atoms with E-state index in [0.29, 0.717) is 11.8 Å². The third kappa shape index (κ3) is 2.35. The lowest BCUT2D eigenvalue weighted by molar-refractivity contribution is 0.0528. The van der Waals surface area contributed by atoms with Crippen molar-refractivity contribution in [1.29, 1.82) is 0 Å². The highest BCUT2D eigenvalue weighted by Crippen LogP contribution is 2.48. The SMILES string of the molecule is CC1CCCC(C(O)c2ccc(C3CC3C)o2)C1. The van der Waals surface area contributed by atoms with Crippen LogP contribution in [0.3, 0.4) is 0 Å². The molecule has 1 heterocycles. The van der Waals surface area contributed by atoms with Crippen molar-refractivity contribution in [3.05, 3.63) is 23.7 Å². The van der Waals surface area contributed by atoms with Gasteiger partial charge in [-0.2, -0.15) is 0 Å². The molecule has 0 radical (unpaired) electrons. The van der Waals surface area contributed by atoms with Crippen LogP contribution in [-0.2, 0) is 0 Å². The van der Waals surface area contributed by atoms with Gasteiger partial charge in [-0.05, 0) is 49.1 Å². The molecule has 1 aromatic heterocycles. The molecule has 0 spiro atoms. The van der Waals surface area contributed by atoms with Crippen molar-refractivity contribution < 1.29 is 9.52 Å². The van der Waals surface area contributed by atoms with Crippen LogP contribution in [0, 0.1) is 17.8 Å². The van der Waals surface area contributed by atoms with E-state index in [9.17, 15) is 5.11 Å². The number of aliphatic hydroxyl groups is 1. The van der Waals surface area contributed by atoms with Gasteiger partial charge in [0.2, 0.25) is 0 Å². The summed E-state index contributed by atoms with van der Waals surface area (Å²) in [6, 6.07) is 4.06. The minimum absolute atomic E-state index is 0.393. The predicted molar refractivity (Wildman–Crippen MR) is 71.3 cm³/mol. The van der Waals surface area contributed by atoms with E-state index >= 15 is 0 Å². The first kappa shape index (κ1) is 12.3. The predicted octanol–water partition coefficient (Wildman–Crippen LogP) is 4.26. The fourth-order valence-electron chi connectivity index (χ4n) is 3.45. The smallest absolute Gasteiger partial charge is 0.132 e. The van der Waals surface area contributed by atoms with E-state index in [1.54, 1.807) is 0 Å². The van der Waals surface area contributed by atoms with E-state index in [1.165, 1.54) is 19.3 Å². The van der Waals surface area contributed by atoms with Gasteiger partial charge in [0.05, 0.1) is 0 Å². The maximum atomic E-state index is 10.5. The third-order valence-electron chi connectivity index (χ3n) is 4.84. The summed E-state index contributed by atoms with van der Waals surface area (Å²) in [6.07, 6.45) is 5.68. The topological polar surface area (TPSA) is 33.4 Å². The van der Waals surface area contributed by atoms with Crippen LogP contribution in [0.15, 0.2) is 16.5 Å². The Balaban J connectivity index is 1.67. The van der Waals surface area contributed by atoms with Gasteiger partial charge in [0.25, 0.3) is 0 Å². The highest BCUT2D eigenvalue weighted by atomic mass is 16.4. The van der Waals surface area contributed by atoms with Gasteiger partial charge in [0.1, 0.15) is 17.6 Å². The first-order valence-electron chi connectivity index (χ1n) is 7.43. The van der Waals surface area contributed by atoms with Gasteiger partial charge in [-0.3, -0.25) is 0 Å². The molecule has 18 heavy (non-hydrogen) atoms. The van der Waals surface area contributed by atoms with Crippen molar-refractivity contribution in [2.24, 2.45) is 17.8 Å². The Labute approximate surface area is 109 Å². The molecule has 2 aliphatic rings. The van der Waals surface area contributed by atoms with E-state index in [2.05, 4.69) is 19.9 Å². The molecule has 2 aliphatic carbocycles. The summed E-state index contributed by atoms with van der Waals surface area (Å²) >= 11 is 0. The number of furan rings is 1. The fraction of sp³-hybridized carbons (Fsp3) is 0.750. The molecule has 2 saturated carbocycles. The molecule has 2 nitrogen and oxygen atoms in total. The molecule has 0 aliphatic heterocycles. The van der Waals surface area contributed by atoms with E-state index in [1.807, 2.05) is 6.07 Å². The van der Waals surface area contributed by atoms with Gasteiger partial charge >= 0.3 is 0 Å². The summed E-state index contributed by atoms with van der Waals surface area (Å²) in [4.78, 5) is 0. The molecule has 2 fully saturated rings. The van der Waals surface area contributed by atoms with E-state index in [0.717, 1.165) is 36.2 Å². The highest BCUT2D eigenvalue weighted by molar-refractivity contribution is 5.19. The number of rotatable bonds is 3. The van der Waals surface area contributed by atoms with Crippen LogP contribution in [0.5, 0.6) is 0 Å². The molecular weight excluding hydrogens is 224 g/mol. The van der Waals surface area contributed by atoms with Crippen LogP contribution in [-0.4, -0.2) is 5.11 Å². The van der Waals surface area contributed by atoms with Crippen molar-refractivity contribution in [1.82, 2.24) is 0 Å². The Bertz CT molecular complexity index is 409. The zero-order valence-electron chi connectivity index (χ0n) is 11.4. The maximum absolute atomic E-state index is 10.5. The summed E-state index contributed by atoms with van der Waals surface area (Å²) in [5.41, 5.74) is 0. The molecule has 0 aromatic carbocycles. The van der Waals surface area contributed by atoms with Gasteiger partial charge in [-0.15, -0.1) is 0 Å². The lowest BCUT2D eigenvalue weighted by Gasteiger charge is -2.29. The monoisotopic (exact) mass is 248 g/mol. The normalized spacial score (nSPS) is 37.5. The second-order valence-corrected chi connectivity index (χ2v) is 6.54. The Kier molecular flexibility index (Phi) is 3.23. The van der Waals surface area contributed by atoms with Crippen LogP contribution in [0.4, 0.5) is 0 Å². The summed E-state index contributed by atoms with van der Waals surface area (Å²) in [7, 11) is 0. The Morgan fingerprint density at radius 1 is 1.22 bits per heavy atom. The molecular formula is C16H24O2. The molecule has 100 valence electrons. The number of aliphatic hydroxyl groups excluding tert-OH is 1. The lowest BCUT2D eigenvalue weighted by atomic mass is 9.79. The van der Waals surface area contributed by atoms with E-state index in [-0.39, 0.29) is 0 Å². The summed E-state index contributed by atoms with van der Waals surface area (Å²) in [5.74, 6) is 4.39. The van der Waals surface area contributed by atoms with E-state index < -0.39 is 6.10 Å². The fourth-order valence-corrected chi connectivity index (χ4v) is 3.45. The number of hydrogen-bond acceptors (Lipinski definition) is 2. The van der Waals surface area contributed by atoms with Crippen LogP contribution >= 0.6 is 0 Å². The van der Waals surface area contributed by atoms with Gasteiger partial charge < -0.3 is 9.52 Å². The van der Waals surface area contributed by atoms with Crippen LogP contribution in [0.2, 0.25) is 0 Å². The number of hydrogen-bond donors (Lipinski definition) is 1. The van der Waals surface area contributed by atoms with Crippen LogP contribution in [0.1, 0.15) is 69.5 Å². The zero-order chi connectivity index (χ0) is 12.7. The zero-order valence-corrected chi connectivity index (χ0v) is 11.4. The van der Waals surface area contributed by atoms with E-state index in [4.69, 9.17) is 4.42 Å². The minimum Gasteiger partial charge on any atom is -0.463 e. The third-order valence-corrected chi connectivity index (χ3v) is 4.84. The van der Waals surface area contributed by atoms with Gasteiger partial charge in [0, 0.05) is 5.92 Å². The molecule has 0 amide bonds. The van der Waals surface area contributed by atoms with Crippen molar-refractivity contribution >= 4 is 0 Å². The minimum atomic E-state index is -0.393. The Hall–Kier alpha value is -0.760. The first-order chi connectivity index (χ1) is 8.65. The average Bonchev–Trinajstić information content (AvgIpc) is 2.91.